The van der Waals surface area contributed by atoms with Gasteiger partial charge in [0, 0.05) is 19.0 Å². The molecule has 3 rings (SSSR count). The van der Waals surface area contributed by atoms with E-state index in [1.54, 1.807) is 36.1 Å². The molecule has 0 saturated carbocycles. The number of likely N-dealkylation sites (N-methyl/N-ethyl adjacent to an activating group) is 1. The highest BCUT2D eigenvalue weighted by Crippen LogP contribution is 2.30. The highest BCUT2D eigenvalue weighted by molar-refractivity contribution is 6.30. The molecule has 1 unspecified atom stereocenters. The van der Waals surface area contributed by atoms with Gasteiger partial charge in [-0.25, -0.2) is 0 Å². The third kappa shape index (κ3) is 6.27. The minimum absolute atomic E-state index is 0.0554. The van der Waals surface area contributed by atoms with Crippen LogP contribution in [-0.4, -0.2) is 42.3 Å². The van der Waals surface area contributed by atoms with Crippen LogP contribution in [-0.2, 0) is 9.59 Å². The van der Waals surface area contributed by atoms with Gasteiger partial charge in [-0.2, -0.15) is 0 Å². The standard InChI is InChI=1S/C12H13ClN2O2.C8H10O.C2H6/c1-8(16)15-7-11(17)14(2)12(15)9-3-5-10(13)6-4-9;1-7-3-5-8(9-2)6-4-7;1-2/h3-6,12H,7H2,1-2H3;3-6H,1-2H3;1-2H3. The number of hydrogen-bond acceptors (Lipinski definition) is 3. The minimum atomic E-state index is -0.322. The topological polar surface area (TPSA) is 49.9 Å². The number of carbonyl (C=O) groups excluding carboxylic acids is 2. The van der Waals surface area contributed by atoms with Crippen molar-refractivity contribution in [3.63, 3.8) is 0 Å². The van der Waals surface area contributed by atoms with Crippen LogP contribution in [0.3, 0.4) is 0 Å². The molecule has 1 atom stereocenters. The molecule has 1 saturated heterocycles. The number of ether oxygens (including phenoxy) is 1. The summed E-state index contributed by atoms with van der Waals surface area (Å²) >= 11 is 5.82. The maximum atomic E-state index is 11.6. The van der Waals surface area contributed by atoms with Gasteiger partial charge in [-0.3, -0.25) is 9.59 Å². The molecule has 0 bridgehead atoms. The Morgan fingerprint density at radius 2 is 1.61 bits per heavy atom. The molecule has 2 amide bonds. The predicted molar refractivity (Wildman–Crippen MR) is 113 cm³/mol. The summed E-state index contributed by atoms with van der Waals surface area (Å²) in [6, 6.07) is 15.1. The number of benzene rings is 2. The summed E-state index contributed by atoms with van der Waals surface area (Å²) in [4.78, 5) is 26.3. The zero-order valence-electron chi connectivity index (χ0n) is 17.4. The number of aryl methyl sites for hydroxylation is 1. The van der Waals surface area contributed by atoms with Gasteiger partial charge in [0.1, 0.15) is 18.5 Å². The van der Waals surface area contributed by atoms with E-state index in [9.17, 15) is 9.59 Å². The van der Waals surface area contributed by atoms with E-state index in [1.807, 2.05) is 50.2 Å². The maximum Gasteiger partial charge on any atom is 0.243 e. The second-order valence-electron chi connectivity index (χ2n) is 6.09. The summed E-state index contributed by atoms with van der Waals surface area (Å²) < 4.78 is 4.97. The largest absolute Gasteiger partial charge is 0.497 e. The first kappa shape index (κ1) is 23.5. The molecular weight excluding hydrogens is 376 g/mol. The molecule has 5 nitrogen and oxygen atoms in total. The first-order valence-corrected chi connectivity index (χ1v) is 9.60. The van der Waals surface area contributed by atoms with E-state index in [0.29, 0.717) is 5.02 Å². The van der Waals surface area contributed by atoms with Crippen LogP contribution < -0.4 is 4.74 Å². The van der Waals surface area contributed by atoms with E-state index < -0.39 is 0 Å². The first-order valence-electron chi connectivity index (χ1n) is 9.22. The third-order valence-electron chi connectivity index (χ3n) is 4.19. The van der Waals surface area contributed by atoms with Crippen molar-refractivity contribution in [1.82, 2.24) is 9.80 Å². The van der Waals surface area contributed by atoms with Gasteiger partial charge in [-0.05, 0) is 36.8 Å². The average molecular weight is 405 g/mol. The number of nitrogens with zero attached hydrogens (tertiary/aromatic N) is 2. The normalized spacial score (nSPS) is 15.2. The Balaban J connectivity index is 0.000000301. The Morgan fingerprint density at radius 3 is 2.07 bits per heavy atom. The van der Waals surface area contributed by atoms with E-state index >= 15 is 0 Å². The summed E-state index contributed by atoms with van der Waals surface area (Å²) in [6.07, 6.45) is -0.322. The predicted octanol–water partition coefficient (Wildman–Crippen LogP) is 4.69. The maximum absolute atomic E-state index is 11.6. The van der Waals surface area contributed by atoms with Crippen LogP contribution in [0.15, 0.2) is 48.5 Å². The van der Waals surface area contributed by atoms with E-state index in [4.69, 9.17) is 16.3 Å². The van der Waals surface area contributed by atoms with Crippen molar-refractivity contribution >= 4 is 23.4 Å². The van der Waals surface area contributed by atoms with Gasteiger partial charge in [0.2, 0.25) is 11.8 Å². The number of amides is 2. The van der Waals surface area contributed by atoms with Gasteiger partial charge < -0.3 is 14.5 Å². The Labute approximate surface area is 172 Å². The number of halogens is 1. The minimum Gasteiger partial charge on any atom is -0.497 e. The van der Waals surface area contributed by atoms with Crippen LogP contribution in [0.5, 0.6) is 5.75 Å². The van der Waals surface area contributed by atoms with Crippen molar-refractivity contribution < 1.29 is 14.3 Å². The van der Waals surface area contributed by atoms with Crippen molar-refractivity contribution in [2.45, 2.75) is 33.9 Å². The first-order chi connectivity index (χ1) is 13.3. The molecule has 1 aliphatic rings. The molecule has 1 fully saturated rings. The fraction of sp³-hybridized carbons (Fsp3) is 0.364. The smallest absolute Gasteiger partial charge is 0.243 e. The van der Waals surface area contributed by atoms with Crippen molar-refractivity contribution in [1.29, 1.82) is 0 Å². The summed E-state index contributed by atoms with van der Waals surface area (Å²) in [6.45, 7) is 7.66. The van der Waals surface area contributed by atoms with Crippen LogP contribution in [0.4, 0.5) is 0 Å². The Kier molecular flexibility index (Phi) is 9.52. The summed E-state index contributed by atoms with van der Waals surface area (Å²) in [7, 11) is 3.37. The number of hydrogen-bond donors (Lipinski definition) is 0. The summed E-state index contributed by atoms with van der Waals surface area (Å²) in [5.41, 5.74) is 2.15. The average Bonchev–Trinajstić information content (AvgIpc) is 3.00. The van der Waals surface area contributed by atoms with Crippen molar-refractivity contribution in [3.8, 4) is 5.75 Å². The number of carbonyl (C=O) groups is 2. The lowest BCUT2D eigenvalue weighted by molar-refractivity contribution is -0.131. The molecule has 152 valence electrons. The Hall–Kier alpha value is -2.53. The van der Waals surface area contributed by atoms with E-state index in [0.717, 1.165) is 11.3 Å². The molecule has 6 heteroatoms. The summed E-state index contributed by atoms with van der Waals surface area (Å²) in [5, 5.41) is 0.634. The second kappa shape index (κ2) is 11.3. The van der Waals surface area contributed by atoms with E-state index in [2.05, 4.69) is 6.92 Å². The van der Waals surface area contributed by atoms with Crippen LogP contribution >= 0.6 is 11.6 Å². The highest BCUT2D eigenvalue weighted by Gasteiger charge is 2.37. The molecule has 28 heavy (non-hydrogen) atoms. The van der Waals surface area contributed by atoms with Crippen molar-refractivity contribution in [2.24, 2.45) is 0 Å². The molecule has 0 aliphatic carbocycles. The van der Waals surface area contributed by atoms with Crippen LogP contribution in [0.2, 0.25) is 5.02 Å². The molecule has 2 aromatic rings. The molecular formula is C22H29ClN2O3. The molecule has 0 spiro atoms. The molecule has 1 heterocycles. The van der Waals surface area contributed by atoms with Gasteiger partial charge in [-0.15, -0.1) is 0 Å². The fourth-order valence-electron chi connectivity index (χ4n) is 2.69. The van der Waals surface area contributed by atoms with Crippen molar-refractivity contribution in [3.05, 3.63) is 64.7 Å². The quantitative estimate of drug-likeness (QED) is 0.729. The van der Waals surface area contributed by atoms with E-state index in [1.165, 1.54) is 12.5 Å². The Bertz CT molecular complexity index is 760. The lowest BCUT2D eigenvalue weighted by Crippen LogP contribution is -2.32. The zero-order chi connectivity index (χ0) is 21.3. The van der Waals surface area contributed by atoms with Crippen LogP contribution in [0.25, 0.3) is 0 Å². The van der Waals surface area contributed by atoms with E-state index in [-0.39, 0.29) is 24.5 Å². The van der Waals surface area contributed by atoms with Crippen molar-refractivity contribution in [2.75, 3.05) is 20.7 Å². The highest BCUT2D eigenvalue weighted by atomic mass is 35.5. The van der Waals surface area contributed by atoms with Crippen LogP contribution in [0.1, 0.15) is 38.1 Å². The molecule has 0 N–H and O–H groups in total. The number of rotatable bonds is 2. The van der Waals surface area contributed by atoms with Gasteiger partial charge in [-0.1, -0.05) is 55.3 Å². The van der Waals surface area contributed by atoms with Crippen LogP contribution in [0, 0.1) is 6.92 Å². The zero-order valence-corrected chi connectivity index (χ0v) is 18.2. The SMILES string of the molecule is CC.CC(=O)N1CC(=O)N(C)C1c1ccc(Cl)cc1.COc1ccc(C)cc1. The van der Waals surface area contributed by atoms with Gasteiger partial charge in [0.15, 0.2) is 0 Å². The lowest BCUT2D eigenvalue weighted by atomic mass is 10.1. The monoisotopic (exact) mass is 404 g/mol. The molecule has 1 aliphatic heterocycles. The Morgan fingerprint density at radius 1 is 1.07 bits per heavy atom. The van der Waals surface area contributed by atoms with Gasteiger partial charge in [0.05, 0.1) is 7.11 Å². The third-order valence-corrected chi connectivity index (χ3v) is 4.44. The van der Waals surface area contributed by atoms with Gasteiger partial charge in [0.25, 0.3) is 0 Å². The van der Waals surface area contributed by atoms with Gasteiger partial charge >= 0.3 is 0 Å². The second-order valence-corrected chi connectivity index (χ2v) is 6.53. The molecule has 0 radical (unpaired) electrons. The molecule has 0 aromatic heterocycles. The summed E-state index contributed by atoms with van der Waals surface area (Å²) in [5.74, 6) is 0.753. The fourth-order valence-corrected chi connectivity index (χ4v) is 2.81. The molecule has 2 aromatic carbocycles. The lowest BCUT2D eigenvalue weighted by Gasteiger charge is -2.27. The number of methoxy groups -OCH3 is 1.